The Hall–Kier alpha value is -0.0900. The second-order valence-electron chi connectivity index (χ2n) is 7.06. The first-order chi connectivity index (χ1) is 11.0. The SMILES string of the molecule is CN=C(NCCS(=O)(=O)NCC1CCC1)NC1CCC(C)CC1.I. The maximum absolute atomic E-state index is 12.0. The van der Waals surface area contributed by atoms with E-state index in [0.29, 0.717) is 31.0 Å². The van der Waals surface area contributed by atoms with E-state index < -0.39 is 10.0 Å². The number of hydrogen-bond acceptors (Lipinski definition) is 3. The summed E-state index contributed by atoms with van der Waals surface area (Å²) in [6.45, 7) is 3.27. The molecule has 0 heterocycles. The van der Waals surface area contributed by atoms with Crippen molar-refractivity contribution in [1.82, 2.24) is 15.4 Å². The minimum atomic E-state index is -3.19. The number of nitrogens with one attached hydrogen (secondary N) is 3. The summed E-state index contributed by atoms with van der Waals surface area (Å²) in [6, 6.07) is 0.450. The van der Waals surface area contributed by atoms with Crippen molar-refractivity contribution in [3.05, 3.63) is 0 Å². The van der Waals surface area contributed by atoms with Crippen molar-refractivity contribution in [2.75, 3.05) is 25.9 Å². The van der Waals surface area contributed by atoms with E-state index in [0.717, 1.165) is 31.6 Å². The van der Waals surface area contributed by atoms with E-state index in [2.05, 4.69) is 27.3 Å². The zero-order chi connectivity index (χ0) is 16.7. The minimum Gasteiger partial charge on any atom is -0.355 e. The molecular formula is C16H33IN4O2S. The molecule has 3 N–H and O–H groups in total. The fourth-order valence-corrected chi connectivity index (χ4v) is 4.11. The number of rotatable bonds is 7. The molecule has 2 rings (SSSR count). The van der Waals surface area contributed by atoms with Gasteiger partial charge in [0.2, 0.25) is 10.0 Å². The third-order valence-electron chi connectivity index (χ3n) is 5.06. The predicted molar refractivity (Wildman–Crippen MR) is 110 cm³/mol. The average Bonchev–Trinajstić information content (AvgIpc) is 2.46. The lowest BCUT2D eigenvalue weighted by Crippen LogP contribution is -2.46. The smallest absolute Gasteiger partial charge is 0.213 e. The van der Waals surface area contributed by atoms with Crippen LogP contribution in [0.15, 0.2) is 4.99 Å². The third kappa shape index (κ3) is 7.86. The van der Waals surface area contributed by atoms with E-state index in [1.807, 2.05) is 0 Å². The fraction of sp³-hybridized carbons (Fsp3) is 0.938. The Bertz CT molecular complexity index is 486. The first-order valence-electron chi connectivity index (χ1n) is 8.93. The number of hydrogen-bond donors (Lipinski definition) is 3. The zero-order valence-electron chi connectivity index (χ0n) is 14.9. The maximum atomic E-state index is 12.0. The molecule has 0 atom stereocenters. The molecule has 0 spiro atoms. The zero-order valence-corrected chi connectivity index (χ0v) is 18.0. The van der Waals surface area contributed by atoms with E-state index in [1.54, 1.807) is 7.05 Å². The summed E-state index contributed by atoms with van der Waals surface area (Å²) in [5.41, 5.74) is 0. The molecule has 6 nitrogen and oxygen atoms in total. The first kappa shape index (κ1) is 22.0. The van der Waals surface area contributed by atoms with Crippen LogP contribution in [0.3, 0.4) is 0 Å². The van der Waals surface area contributed by atoms with Crippen LogP contribution in [0.4, 0.5) is 0 Å². The molecule has 0 aromatic heterocycles. The highest BCUT2D eigenvalue weighted by atomic mass is 127. The molecule has 0 amide bonds. The quantitative estimate of drug-likeness (QED) is 0.301. The molecule has 2 aliphatic rings. The molecule has 0 saturated heterocycles. The molecule has 2 aliphatic carbocycles. The fourth-order valence-electron chi connectivity index (χ4n) is 3.11. The Balaban J connectivity index is 0.00000288. The summed E-state index contributed by atoms with van der Waals surface area (Å²) in [5.74, 6) is 2.15. The summed E-state index contributed by atoms with van der Waals surface area (Å²) in [5, 5.41) is 6.52. The van der Waals surface area contributed by atoms with Crippen LogP contribution in [0, 0.1) is 11.8 Å². The van der Waals surface area contributed by atoms with Crippen LogP contribution in [0.2, 0.25) is 0 Å². The summed E-state index contributed by atoms with van der Waals surface area (Å²) in [7, 11) is -1.47. The van der Waals surface area contributed by atoms with Crippen LogP contribution < -0.4 is 15.4 Å². The molecule has 2 saturated carbocycles. The molecule has 0 aromatic rings. The molecule has 0 aromatic carbocycles. The van der Waals surface area contributed by atoms with Gasteiger partial charge in [-0.3, -0.25) is 4.99 Å². The molecule has 142 valence electrons. The Kier molecular flexibility index (Phi) is 9.88. The van der Waals surface area contributed by atoms with Gasteiger partial charge < -0.3 is 10.6 Å². The molecule has 24 heavy (non-hydrogen) atoms. The van der Waals surface area contributed by atoms with Crippen LogP contribution in [0.1, 0.15) is 51.9 Å². The molecular weight excluding hydrogens is 439 g/mol. The number of halogens is 1. The highest BCUT2D eigenvalue weighted by Gasteiger charge is 2.21. The molecule has 8 heteroatoms. The van der Waals surface area contributed by atoms with E-state index in [-0.39, 0.29) is 29.7 Å². The normalized spacial score (nSPS) is 25.5. The van der Waals surface area contributed by atoms with Crippen LogP contribution >= 0.6 is 24.0 Å². The molecule has 2 fully saturated rings. The maximum Gasteiger partial charge on any atom is 0.213 e. The van der Waals surface area contributed by atoms with Crippen LogP contribution in [-0.2, 0) is 10.0 Å². The van der Waals surface area contributed by atoms with Gasteiger partial charge in [-0.2, -0.15) is 0 Å². The lowest BCUT2D eigenvalue weighted by atomic mass is 9.86. The molecule has 0 bridgehead atoms. The predicted octanol–water partition coefficient (Wildman–Crippen LogP) is 2.07. The Morgan fingerprint density at radius 3 is 2.33 bits per heavy atom. The van der Waals surface area contributed by atoms with Crippen molar-refractivity contribution >= 4 is 40.0 Å². The van der Waals surface area contributed by atoms with Gasteiger partial charge in [0.25, 0.3) is 0 Å². The summed E-state index contributed by atoms with van der Waals surface area (Å²) >= 11 is 0. The van der Waals surface area contributed by atoms with Gasteiger partial charge in [-0.25, -0.2) is 13.1 Å². The van der Waals surface area contributed by atoms with Gasteiger partial charge in [0.15, 0.2) is 5.96 Å². The number of guanidine groups is 1. The number of aliphatic imine (C=N–C) groups is 1. The van der Waals surface area contributed by atoms with Crippen molar-refractivity contribution in [3.63, 3.8) is 0 Å². The minimum absolute atomic E-state index is 0. The standard InChI is InChI=1S/C16H32N4O2S.HI/c1-13-6-8-15(9-7-13)20-16(17-2)18-10-11-23(21,22)19-12-14-4-3-5-14;/h13-15,19H,3-12H2,1-2H3,(H2,17,18,20);1H. The second kappa shape index (κ2) is 10.8. The number of nitrogens with zero attached hydrogens (tertiary/aromatic N) is 1. The van der Waals surface area contributed by atoms with E-state index in [1.165, 1.54) is 19.3 Å². The van der Waals surface area contributed by atoms with Gasteiger partial charge >= 0.3 is 0 Å². The summed E-state index contributed by atoms with van der Waals surface area (Å²) in [6.07, 6.45) is 8.33. The van der Waals surface area contributed by atoms with Gasteiger partial charge in [-0.05, 0) is 50.4 Å². The van der Waals surface area contributed by atoms with E-state index in [4.69, 9.17) is 0 Å². The van der Waals surface area contributed by atoms with Gasteiger partial charge in [-0.15, -0.1) is 24.0 Å². The van der Waals surface area contributed by atoms with Crippen molar-refractivity contribution in [2.45, 2.75) is 57.9 Å². The largest absolute Gasteiger partial charge is 0.355 e. The molecule has 0 radical (unpaired) electrons. The van der Waals surface area contributed by atoms with Gasteiger partial charge in [0.05, 0.1) is 5.75 Å². The monoisotopic (exact) mass is 472 g/mol. The summed E-state index contributed by atoms with van der Waals surface area (Å²) in [4.78, 5) is 4.20. The highest BCUT2D eigenvalue weighted by molar-refractivity contribution is 14.0. The van der Waals surface area contributed by atoms with Crippen molar-refractivity contribution in [1.29, 1.82) is 0 Å². The lowest BCUT2D eigenvalue weighted by Gasteiger charge is -2.28. The molecule has 0 unspecified atom stereocenters. The second-order valence-corrected chi connectivity index (χ2v) is 8.99. The Morgan fingerprint density at radius 1 is 1.12 bits per heavy atom. The van der Waals surface area contributed by atoms with E-state index >= 15 is 0 Å². The van der Waals surface area contributed by atoms with Crippen LogP contribution in [-0.4, -0.2) is 46.3 Å². The Labute approximate surface area is 164 Å². The first-order valence-corrected chi connectivity index (χ1v) is 10.6. The highest BCUT2D eigenvalue weighted by Crippen LogP contribution is 2.25. The average molecular weight is 472 g/mol. The molecule has 0 aliphatic heterocycles. The van der Waals surface area contributed by atoms with Crippen LogP contribution in [0.25, 0.3) is 0 Å². The van der Waals surface area contributed by atoms with Crippen molar-refractivity contribution in [2.24, 2.45) is 16.8 Å². The van der Waals surface area contributed by atoms with Crippen molar-refractivity contribution in [3.8, 4) is 0 Å². The van der Waals surface area contributed by atoms with Crippen molar-refractivity contribution < 1.29 is 8.42 Å². The van der Waals surface area contributed by atoms with Gasteiger partial charge in [-0.1, -0.05) is 13.3 Å². The van der Waals surface area contributed by atoms with Gasteiger partial charge in [0, 0.05) is 26.2 Å². The van der Waals surface area contributed by atoms with Gasteiger partial charge in [0.1, 0.15) is 0 Å². The third-order valence-corrected chi connectivity index (χ3v) is 6.41. The van der Waals surface area contributed by atoms with Crippen LogP contribution in [0.5, 0.6) is 0 Å². The number of sulfonamides is 1. The summed E-state index contributed by atoms with van der Waals surface area (Å²) < 4.78 is 26.6. The lowest BCUT2D eigenvalue weighted by molar-refractivity contribution is 0.316. The van der Waals surface area contributed by atoms with E-state index in [9.17, 15) is 8.42 Å². The Morgan fingerprint density at radius 2 is 1.79 bits per heavy atom. The topological polar surface area (TPSA) is 82.6 Å².